The van der Waals surface area contributed by atoms with Gasteiger partial charge in [0.1, 0.15) is 5.82 Å². The molecule has 1 heterocycles. The standard InChI is InChI=1S/C22H24FN3O3/c1-13-10-20(28-4)21(29-5)12-19(13)24-22(27)11-18-14(2)25-26(15(18)3)17-8-6-16(23)7-9-17/h6-10,12H,11H2,1-5H3,(H,24,27). The fourth-order valence-electron chi connectivity index (χ4n) is 3.23. The second-order valence-electron chi connectivity index (χ2n) is 6.78. The quantitative estimate of drug-likeness (QED) is 0.679. The highest BCUT2D eigenvalue weighted by molar-refractivity contribution is 5.93. The Kier molecular flexibility index (Phi) is 5.87. The third-order valence-electron chi connectivity index (χ3n) is 4.85. The molecule has 0 unspecified atom stereocenters. The summed E-state index contributed by atoms with van der Waals surface area (Å²) in [7, 11) is 3.12. The molecule has 7 heteroatoms. The van der Waals surface area contributed by atoms with Crippen LogP contribution in [0.15, 0.2) is 36.4 Å². The van der Waals surface area contributed by atoms with Gasteiger partial charge in [-0.15, -0.1) is 0 Å². The van der Waals surface area contributed by atoms with Gasteiger partial charge in [0, 0.05) is 23.0 Å². The molecule has 3 rings (SSSR count). The number of rotatable bonds is 6. The number of carbonyl (C=O) groups is 1. The minimum atomic E-state index is -0.305. The summed E-state index contributed by atoms with van der Waals surface area (Å²) in [6, 6.07) is 9.65. The second kappa shape index (κ2) is 8.34. The average molecular weight is 397 g/mol. The number of benzene rings is 2. The summed E-state index contributed by atoms with van der Waals surface area (Å²) in [5, 5.41) is 7.45. The van der Waals surface area contributed by atoms with E-state index >= 15 is 0 Å². The summed E-state index contributed by atoms with van der Waals surface area (Å²) < 4.78 is 25.5. The van der Waals surface area contributed by atoms with E-state index in [1.807, 2.05) is 26.8 Å². The molecule has 0 fully saturated rings. The van der Waals surface area contributed by atoms with Crippen molar-refractivity contribution < 1.29 is 18.7 Å². The van der Waals surface area contributed by atoms with Gasteiger partial charge in [-0.05, 0) is 56.7 Å². The van der Waals surface area contributed by atoms with Crippen molar-refractivity contribution >= 4 is 11.6 Å². The normalized spacial score (nSPS) is 10.7. The van der Waals surface area contributed by atoms with Gasteiger partial charge in [0.05, 0.1) is 32.0 Å². The maximum absolute atomic E-state index is 13.2. The van der Waals surface area contributed by atoms with Crippen LogP contribution >= 0.6 is 0 Å². The molecule has 0 aliphatic heterocycles. The Bertz CT molecular complexity index is 1040. The zero-order chi connectivity index (χ0) is 21.1. The monoisotopic (exact) mass is 397 g/mol. The molecular weight excluding hydrogens is 373 g/mol. The molecule has 0 radical (unpaired) electrons. The summed E-state index contributed by atoms with van der Waals surface area (Å²) in [6.07, 6.45) is 0.173. The van der Waals surface area contributed by atoms with Gasteiger partial charge >= 0.3 is 0 Å². The van der Waals surface area contributed by atoms with Crippen LogP contribution in [-0.4, -0.2) is 29.9 Å². The first-order valence-electron chi connectivity index (χ1n) is 9.17. The maximum Gasteiger partial charge on any atom is 0.228 e. The summed E-state index contributed by atoms with van der Waals surface area (Å²) in [4.78, 5) is 12.7. The first-order chi connectivity index (χ1) is 13.8. The number of ether oxygens (including phenoxy) is 2. The smallest absolute Gasteiger partial charge is 0.228 e. The molecule has 1 aromatic heterocycles. The molecule has 0 aliphatic rings. The lowest BCUT2D eigenvalue weighted by Gasteiger charge is -2.14. The molecule has 1 amide bonds. The minimum Gasteiger partial charge on any atom is -0.493 e. The van der Waals surface area contributed by atoms with Crippen LogP contribution < -0.4 is 14.8 Å². The number of nitrogens with zero attached hydrogens (tertiary/aromatic N) is 2. The van der Waals surface area contributed by atoms with Gasteiger partial charge in [0.2, 0.25) is 5.91 Å². The van der Waals surface area contributed by atoms with Crippen LogP contribution in [0.5, 0.6) is 11.5 Å². The van der Waals surface area contributed by atoms with Gasteiger partial charge in [-0.25, -0.2) is 9.07 Å². The van der Waals surface area contributed by atoms with Crippen molar-refractivity contribution in [2.24, 2.45) is 0 Å². The van der Waals surface area contributed by atoms with E-state index in [0.29, 0.717) is 17.2 Å². The molecule has 3 aromatic rings. The van der Waals surface area contributed by atoms with Crippen LogP contribution in [0.2, 0.25) is 0 Å². The van der Waals surface area contributed by atoms with Gasteiger partial charge in [-0.3, -0.25) is 4.79 Å². The highest BCUT2D eigenvalue weighted by Crippen LogP contribution is 2.33. The van der Waals surface area contributed by atoms with Gasteiger partial charge < -0.3 is 14.8 Å². The van der Waals surface area contributed by atoms with Crippen molar-refractivity contribution in [2.45, 2.75) is 27.2 Å². The molecule has 0 spiro atoms. The number of aromatic nitrogens is 2. The number of nitrogens with one attached hydrogen (secondary N) is 1. The van der Waals surface area contributed by atoms with Crippen LogP contribution in [0.25, 0.3) is 5.69 Å². The highest BCUT2D eigenvalue weighted by atomic mass is 19.1. The molecule has 1 N–H and O–H groups in total. The van der Waals surface area contributed by atoms with E-state index < -0.39 is 0 Å². The van der Waals surface area contributed by atoms with Crippen molar-refractivity contribution in [3.05, 3.63) is 64.7 Å². The zero-order valence-corrected chi connectivity index (χ0v) is 17.2. The predicted octanol–water partition coefficient (Wildman–Crippen LogP) is 4.14. The van der Waals surface area contributed by atoms with Crippen molar-refractivity contribution in [3.63, 3.8) is 0 Å². The molecule has 6 nitrogen and oxygen atoms in total. The number of amides is 1. The third-order valence-corrected chi connectivity index (χ3v) is 4.85. The number of halogens is 1. The average Bonchev–Trinajstić information content (AvgIpc) is 2.98. The van der Waals surface area contributed by atoms with E-state index in [9.17, 15) is 9.18 Å². The molecule has 29 heavy (non-hydrogen) atoms. The number of aryl methyl sites for hydroxylation is 2. The summed E-state index contributed by atoms with van der Waals surface area (Å²) >= 11 is 0. The molecule has 0 saturated carbocycles. The summed E-state index contributed by atoms with van der Waals surface area (Å²) in [5.74, 6) is 0.686. The predicted molar refractivity (Wildman–Crippen MR) is 110 cm³/mol. The van der Waals surface area contributed by atoms with Gasteiger partial charge in [0.25, 0.3) is 0 Å². The highest BCUT2D eigenvalue weighted by Gasteiger charge is 2.17. The SMILES string of the molecule is COc1cc(C)c(NC(=O)Cc2c(C)nn(-c3ccc(F)cc3)c2C)cc1OC. The first-order valence-corrected chi connectivity index (χ1v) is 9.17. The molecule has 0 saturated heterocycles. The lowest BCUT2D eigenvalue weighted by atomic mass is 10.1. The number of carbonyl (C=O) groups excluding carboxylic acids is 1. The largest absolute Gasteiger partial charge is 0.493 e. The van der Waals surface area contributed by atoms with Crippen LogP contribution in [0, 0.1) is 26.6 Å². The third kappa shape index (κ3) is 4.23. The van der Waals surface area contributed by atoms with Crippen molar-refractivity contribution in [3.8, 4) is 17.2 Å². The van der Waals surface area contributed by atoms with Gasteiger partial charge in [0.15, 0.2) is 11.5 Å². The first kappa shape index (κ1) is 20.4. The van der Waals surface area contributed by atoms with Crippen LogP contribution in [0.4, 0.5) is 10.1 Å². The van der Waals surface area contributed by atoms with Crippen molar-refractivity contribution in [1.29, 1.82) is 0 Å². The molecule has 0 bridgehead atoms. The molecule has 2 aromatic carbocycles. The van der Waals surface area contributed by atoms with E-state index in [1.165, 1.54) is 12.1 Å². The lowest BCUT2D eigenvalue weighted by molar-refractivity contribution is -0.115. The van der Waals surface area contributed by atoms with Crippen molar-refractivity contribution in [1.82, 2.24) is 9.78 Å². The van der Waals surface area contributed by atoms with Gasteiger partial charge in [-0.1, -0.05) is 0 Å². The van der Waals surface area contributed by atoms with Crippen LogP contribution in [0.3, 0.4) is 0 Å². The van der Waals surface area contributed by atoms with E-state index in [-0.39, 0.29) is 18.1 Å². The number of hydrogen-bond acceptors (Lipinski definition) is 4. The fraction of sp³-hybridized carbons (Fsp3) is 0.273. The molecular formula is C22H24FN3O3. The second-order valence-corrected chi connectivity index (χ2v) is 6.78. The Morgan fingerprint density at radius 2 is 1.69 bits per heavy atom. The lowest BCUT2D eigenvalue weighted by Crippen LogP contribution is -2.16. The fourth-order valence-corrected chi connectivity index (χ4v) is 3.23. The van der Waals surface area contributed by atoms with Gasteiger partial charge in [-0.2, -0.15) is 5.10 Å². The Morgan fingerprint density at radius 1 is 1.07 bits per heavy atom. The van der Waals surface area contributed by atoms with E-state index in [2.05, 4.69) is 10.4 Å². The van der Waals surface area contributed by atoms with E-state index in [1.54, 1.807) is 37.1 Å². The van der Waals surface area contributed by atoms with Crippen LogP contribution in [0.1, 0.15) is 22.5 Å². The Balaban J connectivity index is 1.82. The number of anilines is 1. The van der Waals surface area contributed by atoms with E-state index in [4.69, 9.17) is 9.47 Å². The zero-order valence-electron chi connectivity index (χ0n) is 17.2. The van der Waals surface area contributed by atoms with Crippen molar-refractivity contribution in [2.75, 3.05) is 19.5 Å². The Hall–Kier alpha value is -3.35. The topological polar surface area (TPSA) is 65.4 Å². The van der Waals surface area contributed by atoms with Crippen LogP contribution in [-0.2, 0) is 11.2 Å². The minimum absolute atomic E-state index is 0.162. The Labute approximate surface area is 169 Å². The van der Waals surface area contributed by atoms with E-state index in [0.717, 1.165) is 28.2 Å². The Morgan fingerprint density at radius 3 is 2.31 bits per heavy atom. The maximum atomic E-state index is 13.2. The molecule has 0 atom stereocenters. The number of hydrogen-bond donors (Lipinski definition) is 1. The number of methoxy groups -OCH3 is 2. The summed E-state index contributed by atoms with van der Waals surface area (Å²) in [5.41, 5.74) is 4.71. The molecule has 0 aliphatic carbocycles. The molecule has 152 valence electrons. The summed E-state index contributed by atoms with van der Waals surface area (Å²) in [6.45, 7) is 5.64.